The number of fused-ring (bicyclic) bond motifs is 1. The molecule has 5 heteroatoms. The molecule has 0 saturated carbocycles. The van der Waals surface area contributed by atoms with Crippen molar-refractivity contribution in [1.82, 2.24) is 15.5 Å². The smallest absolute Gasteiger partial charge is 0.242 e. The molecular formula is C27H31N3O2. The summed E-state index contributed by atoms with van der Waals surface area (Å²) in [7, 11) is 0. The predicted octanol–water partition coefficient (Wildman–Crippen LogP) is 3.84. The first-order valence-electron chi connectivity index (χ1n) is 11.4. The number of carbonyl (C=O) groups excluding carboxylic acids is 2. The monoisotopic (exact) mass is 429 g/mol. The second-order valence-corrected chi connectivity index (χ2v) is 8.52. The Hall–Kier alpha value is -3.18. The third-order valence-electron chi connectivity index (χ3n) is 6.24. The van der Waals surface area contributed by atoms with Crippen LogP contribution in [0.15, 0.2) is 72.8 Å². The molecule has 1 aliphatic heterocycles. The van der Waals surface area contributed by atoms with Gasteiger partial charge in [-0.1, -0.05) is 72.8 Å². The summed E-state index contributed by atoms with van der Waals surface area (Å²) in [5.41, 5.74) is 2.17. The number of nitrogens with zero attached hydrogens (tertiary/aromatic N) is 1. The molecule has 0 bridgehead atoms. The minimum absolute atomic E-state index is 0.150. The minimum atomic E-state index is -0.590. The Labute approximate surface area is 189 Å². The predicted molar refractivity (Wildman–Crippen MR) is 128 cm³/mol. The number of hydrogen-bond acceptors (Lipinski definition) is 3. The van der Waals surface area contributed by atoms with E-state index in [2.05, 4.69) is 27.7 Å². The first-order valence-corrected chi connectivity index (χ1v) is 11.4. The molecule has 0 spiro atoms. The summed E-state index contributed by atoms with van der Waals surface area (Å²) >= 11 is 0. The van der Waals surface area contributed by atoms with Crippen LogP contribution in [-0.2, 0) is 16.0 Å². The van der Waals surface area contributed by atoms with Gasteiger partial charge in [0.05, 0.1) is 12.5 Å². The first kappa shape index (κ1) is 22.0. The van der Waals surface area contributed by atoms with Gasteiger partial charge in [-0.2, -0.15) is 0 Å². The van der Waals surface area contributed by atoms with Gasteiger partial charge in [-0.3, -0.25) is 14.5 Å². The average molecular weight is 430 g/mol. The lowest BCUT2D eigenvalue weighted by Crippen LogP contribution is -2.47. The summed E-state index contributed by atoms with van der Waals surface area (Å²) in [4.78, 5) is 27.8. The molecule has 0 radical (unpaired) electrons. The molecule has 0 aliphatic carbocycles. The van der Waals surface area contributed by atoms with E-state index in [9.17, 15) is 9.59 Å². The fraction of sp³-hybridized carbons (Fsp3) is 0.333. The van der Waals surface area contributed by atoms with Crippen LogP contribution >= 0.6 is 0 Å². The van der Waals surface area contributed by atoms with E-state index in [-0.39, 0.29) is 24.3 Å². The maximum Gasteiger partial charge on any atom is 0.242 e. The minimum Gasteiger partial charge on any atom is -0.352 e. The lowest BCUT2D eigenvalue weighted by atomic mass is 10.0. The van der Waals surface area contributed by atoms with Gasteiger partial charge in [0.2, 0.25) is 11.8 Å². The van der Waals surface area contributed by atoms with Gasteiger partial charge in [-0.05, 0) is 54.8 Å². The Morgan fingerprint density at radius 2 is 1.59 bits per heavy atom. The van der Waals surface area contributed by atoms with Gasteiger partial charge in [-0.25, -0.2) is 0 Å². The molecule has 0 aromatic heterocycles. The van der Waals surface area contributed by atoms with E-state index in [0.717, 1.165) is 29.4 Å². The Morgan fingerprint density at radius 3 is 2.38 bits per heavy atom. The van der Waals surface area contributed by atoms with Gasteiger partial charge < -0.3 is 10.6 Å². The molecular weight excluding hydrogens is 398 g/mol. The topological polar surface area (TPSA) is 61.4 Å². The number of likely N-dealkylation sites (tertiary alicyclic amines) is 1. The van der Waals surface area contributed by atoms with Crippen molar-refractivity contribution in [2.24, 2.45) is 0 Å². The van der Waals surface area contributed by atoms with Crippen molar-refractivity contribution in [3.63, 3.8) is 0 Å². The molecule has 32 heavy (non-hydrogen) atoms. The quantitative estimate of drug-likeness (QED) is 0.572. The number of carbonyl (C=O) groups is 2. The van der Waals surface area contributed by atoms with Gasteiger partial charge in [0, 0.05) is 6.54 Å². The molecule has 2 N–H and O–H groups in total. The molecule has 3 aromatic carbocycles. The molecule has 4 rings (SSSR count). The summed E-state index contributed by atoms with van der Waals surface area (Å²) in [6.45, 7) is 4.37. The molecule has 2 amide bonds. The van der Waals surface area contributed by atoms with Crippen molar-refractivity contribution < 1.29 is 9.59 Å². The van der Waals surface area contributed by atoms with Crippen molar-refractivity contribution in [3.8, 4) is 0 Å². The second-order valence-electron chi connectivity index (χ2n) is 8.52. The summed E-state index contributed by atoms with van der Waals surface area (Å²) in [6, 6.07) is 23.9. The molecule has 2 unspecified atom stereocenters. The van der Waals surface area contributed by atoms with E-state index in [1.165, 1.54) is 18.4 Å². The summed E-state index contributed by atoms with van der Waals surface area (Å²) in [6.07, 6.45) is 2.63. The molecule has 1 heterocycles. The maximum atomic E-state index is 12.7. The SMILES string of the molecule is CC(NC(=O)Cc1cccc2ccccc12)C(=O)NCC(c1ccccc1)N1CCCC1. The van der Waals surface area contributed by atoms with Crippen molar-refractivity contribution in [2.45, 2.75) is 38.3 Å². The molecule has 5 nitrogen and oxygen atoms in total. The molecule has 166 valence electrons. The van der Waals surface area contributed by atoms with Crippen LogP contribution in [0.5, 0.6) is 0 Å². The van der Waals surface area contributed by atoms with Crippen LogP contribution < -0.4 is 10.6 Å². The summed E-state index contributed by atoms with van der Waals surface area (Å²) in [5.74, 6) is -0.306. The molecule has 1 fully saturated rings. The van der Waals surface area contributed by atoms with Crippen LogP contribution in [0.1, 0.15) is 36.9 Å². The van der Waals surface area contributed by atoms with Crippen molar-refractivity contribution >= 4 is 22.6 Å². The van der Waals surface area contributed by atoms with E-state index in [0.29, 0.717) is 6.54 Å². The van der Waals surface area contributed by atoms with Crippen LogP contribution in [0, 0.1) is 0 Å². The largest absolute Gasteiger partial charge is 0.352 e. The second kappa shape index (κ2) is 10.4. The van der Waals surface area contributed by atoms with Crippen molar-refractivity contribution in [2.75, 3.05) is 19.6 Å². The Morgan fingerprint density at radius 1 is 0.906 bits per heavy atom. The molecule has 1 saturated heterocycles. The van der Waals surface area contributed by atoms with Crippen molar-refractivity contribution in [1.29, 1.82) is 0 Å². The standard InChI is InChI=1S/C27H31N3O2/c1-20(29-26(31)18-23-14-9-13-21-10-5-6-15-24(21)23)27(32)28-19-25(30-16-7-8-17-30)22-11-3-2-4-12-22/h2-6,9-15,20,25H,7-8,16-19H2,1H3,(H,28,32)(H,29,31). The van der Waals surface area contributed by atoms with Crippen LogP contribution in [0.2, 0.25) is 0 Å². The third kappa shape index (κ3) is 5.35. The molecule has 1 aliphatic rings. The van der Waals surface area contributed by atoms with Gasteiger partial charge in [0.25, 0.3) is 0 Å². The maximum absolute atomic E-state index is 12.7. The lowest BCUT2D eigenvalue weighted by molar-refractivity contribution is -0.128. The zero-order chi connectivity index (χ0) is 22.3. The average Bonchev–Trinajstić information content (AvgIpc) is 3.34. The van der Waals surface area contributed by atoms with E-state index < -0.39 is 6.04 Å². The fourth-order valence-electron chi connectivity index (χ4n) is 4.51. The first-order chi connectivity index (χ1) is 15.6. The van der Waals surface area contributed by atoms with Crippen LogP contribution in [0.25, 0.3) is 10.8 Å². The highest BCUT2D eigenvalue weighted by molar-refractivity contribution is 5.92. The van der Waals surface area contributed by atoms with Gasteiger partial charge in [0.1, 0.15) is 6.04 Å². The number of hydrogen-bond donors (Lipinski definition) is 2. The Kier molecular flexibility index (Phi) is 7.17. The third-order valence-corrected chi connectivity index (χ3v) is 6.24. The van der Waals surface area contributed by atoms with Crippen molar-refractivity contribution in [3.05, 3.63) is 83.9 Å². The zero-order valence-electron chi connectivity index (χ0n) is 18.6. The Balaban J connectivity index is 1.34. The zero-order valence-corrected chi connectivity index (χ0v) is 18.6. The van der Waals surface area contributed by atoms with Crippen LogP contribution in [0.3, 0.4) is 0 Å². The van der Waals surface area contributed by atoms with Gasteiger partial charge in [0.15, 0.2) is 0 Å². The highest BCUT2D eigenvalue weighted by Gasteiger charge is 2.25. The fourth-order valence-corrected chi connectivity index (χ4v) is 4.51. The number of nitrogens with one attached hydrogen (secondary N) is 2. The molecule has 3 aromatic rings. The highest BCUT2D eigenvalue weighted by atomic mass is 16.2. The van der Waals surface area contributed by atoms with E-state index in [4.69, 9.17) is 0 Å². The lowest BCUT2D eigenvalue weighted by Gasteiger charge is -2.28. The highest BCUT2D eigenvalue weighted by Crippen LogP contribution is 2.24. The van der Waals surface area contributed by atoms with E-state index in [1.54, 1.807) is 6.92 Å². The van der Waals surface area contributed by atoms with E-state index in [1.807, 2.05) is 60.7 Å². The van der Waals surface area contributed by atoms with Gasteiger partial charge >= 0.3 is 0 Å². The molecule has 2 atom stereocenters. The number of rotatable bonds is 8. The summed E-state index contributed by atoms with van der Waals surface area (Å²) in [5, 5.41) is 8.10. The normalized spacial score (nSPS) is 15.9. The summed E-state index contributed by atoms with van der Waals surface area (Å²) < 4.78 is 0. The number of benzene rings is 3. The van der Waals surface area contributed by atoms with Crippen LogP contribution in [-0.4, -0.2) is 42.4 Å². The Bertz CT molecular complexity index is 1060. The van der Waals surface area contributed by atoms with Gasteiger partial charge in [-0.15, -0.1) is 0 Å². The van der Waals surface area contributed by atoms with Crippen LogP contribution in [0.4, 0.5) is 0 Å². The number of amides is 2. The van der Waals surface area contributed by atoms with E-state index >= 15 is 0 Å².